The summed E-state index contributed by atoms with van der Waals surface area (Å²) < 4.78 is 5.98. The Morgan fingerprint density at radius 2 is 1.00 bits per heavy atom. The standard InChI is InChI=1S/C16H30O/c1-13-3-7-15(8-4-13)11-17-12-16-9-5-14(2)6-10-16/h13-16H,3-12H2,1-2H3. The third-order valence-corrected chi connectivity index (χ3v) is 4.98. The number of hydrogen-bond acceptors (Lipinski definition) is 1. The lowest BCUT2D eigenvalue weighted by Gasteiger charge is -2.28. The largest absolute Gasteiger partial charge is 0.381 e. The molecule has 0 radical (unpaired) electrons. The summed E-state index contributed by atoms with van der Waals surface area (Å²) in [6, 6.07) is 0. The summed E-state index contributed by atoms with van der Waals surface area (Å²) >= 11 is 0. The second kappa shape index (κ2) is 6.78. The van der Waals surface area contributed by atoms with Gasteiger partial charge in [-0.3, -0.25) is 0 Å². The van der Waals surface area contributed by atoms with E-state index in [4.69, 9.17) is 4.74 Å². The van der Waals surface area contributed by atoms with Gasteiger partial charge in [-0.15, -0.1) is 0 Å². The van der Waals surface area contributed by atoms with Gasteiger partial charge in [-0.2, -0.15) is 0 Å². The molecule has 17 heavy (non-hydrogen) atoms. The van der Waals surface area contributed by atoms with Gasteiger partial charge in [0, 0.05) is 13.2 Å². The maximum Gasteiger partial charge on any atom is 0.0494 e. The van der Waals surface area contributed by atoms with E-state index >= 15 is 0 Å². The Balaban J connectivity index is 1.54. The summed E-state index contributed by atoms with van der Waals surface area (Å²) in [5.74, 6) is 3.67. The van der Waals surface area contributed by atoms with Crippen molar-refractivity contribution in [3.05, 3.63) is 0 Å². The van der Waals surface area contributed by atoms with Gasteiger partial charge in [0.05, 0.1) is 0 Å². The maximum absolute atomic E-state index is 5.98. The summed E-state index contributed by atoms with van der Waals surface area (Å²) in [5.41, 5.74) is 0. The monoisotopic (exact) mass is 238 g/mol. The van der Waals surface area contributed by atoms with Crippen molar-refractivity contribution in [3.63, 3.8) is 0 Å². The van der Waals surface area contributed by atoms with Crippen molar-refractivity contribution >= 4 is 0 Å². The van der Waals surface area contributed by atoms with Gasteiger partial charge in [0.25, 0.3) is 0 Å². The van der Waals surface area contributed by atoms with Gasteiger partial charge in [-0.1, -0.05) is 39.5 Å². The van der Waals surface area contributed by atoms with Gasteiger partial charge in [0.15, 0.2) is 0 Å². The smallest absolute Gasteiger partial charge is 0.0494 e. The van der Waals surface area contributed by atoms with E-state index in [9.17, 15) is 0 Å². The average Bonchev–Trinajstić information content (AvgIpc) is 2.34. The Labute approximate surface area is 107 Å². The zero-order valence-electron chi connectivity index (χ0n) is 11.8. The third kappa shape index (κ3) is 4.62. The van der Waals surface area contributed by atoms with Crippen molar-refractivity contribution in [1.29, 1.82) is 0 Å². The second-order valence-electron chi connectivity index (χ2n) is 6.79. The number of hydrogen-bond donors (Lipinski definition) is 0. The highest BCUT2D eigenvalue weighted by molar-refractivity contribution is 4.72. The molecule has 0 bridgehead atoms. The summed E-state index contributed by atoms with van der Waals surface area (Å²) in [4.78, 5) is 0. The molecular weight excluding hydrogens is 208 g/mol. The normalized spacial score (nSPS) is 39.2. The molecule has 0 aromatic rings. The van der Waals surface area contributed by atoms with Crippen LogP contribution in [0, 0.1) is 23.7 Å². The fourth-order valence-electron chi connectivity index (χ4n) is 3.39. The highest BCUT2D eigenvalue weighted by atomic mass is 16.5. The van der Waals surface area contributed by atoms with Gasteiger partial charge >= 0.3 is 0 Å². The Morgan fingerprint density at radius 3 is 1.35 bits per heavy atom. The van der Waals surface area contributed by atoms with Gasteiger partial charge in [0.2, 0.25) is 0 Å². The molecule has 0 amide bonds. The van der Waals surface area contributed by atoms with Crippen LogP contribution < -0.4 is 0 Å². The molecule has 0 spiro atoms. The summed E-state index contributed by atoms with van der Waals surface area (Å²) in [7, 11) is 0. The van der Waals surface area contributed by atoms with E-state index in [-0.39, 0.29) is 0 Å². The molecule has 2 rings (SSSR count). The van der Waals surface area contributed by atoms with Crippen LogP contribution in [0.5, 0.6) is 0 Å². The number of rotatable bonds is 4. The first-order valence-corrected chi connectivity index (χ1v) is 7.81. The molecule has 0 aromatic heterocycles. The highest BCUT2D eigenvalue weighted by Crippen LogP contribution is 2.30. The predicted octanol–water partition coefficient (Wildman–Crippen LogP) is 4.66. The van der Waals surface area contributed by atoms with E-state index < -0.39 is 0 Å². The highest BCUT2D eigenvalue weighted by Gasteiger charge is 2.21. The van der Waals surface area contributed by atoms with Crippen molar-refractivity contribution < 1.29 is 4.74 Å². The van der Waals surface area contributed by atoms with Crippen LogP contribution >= 0.6 is 0 Å². The molecule has 0 unspecified atom stereocenters. The second-order valence-corrected chi connectivity index (χ2v) is 6.79. The van der Waals surface area contributed by atoms with E-state index in [1.54, 1.807) is 0 Å². The van der Waals surface area contributed by atoms with Gasteiger partial charge in [-0.05, 0) is 49.4 Å². The molecule has 0 N–H and O–H groups in total. The molecular formula is C16H30O. The Hall–Kier alpha value is -0.0400. The summed E-state index contributed by atoms with van der Waals surface area (Å²) in [5, 5.41) is 0. The average molecular weight is 238 g/mol. The van der Waals surface area contributed by atoms with Crippen LogP contribution in [-0.4, -0.2) is 13.2 Å². The van der Waals surface area contributed by atoms with E-state index in [2.05, 4.69) is 13.8 Å². The van der Waals surface area contributed by atoms with Crippen molar-refractivity contribution in [1.82, 2.24) is 0 Å². The lowest BCUT2D eigenvalue weighted by atomic mass is 9.83. The lowest BCUT2D eigenvalue weighted by Crippen LogP contribution is -2.21. The number of ether oxygens (including phenoxy) is 1. The molecule has 0 saturated heterocycles. The van der Waals surface area contributed by atoms with Crippen molar-refractivity contribution in [2.75, 3.05) is 13.2 Å². The van der Waals surface area contributed by atoms with Crippen LogP contribution in [0.25, 0.3) is 0 Å². The quantitative estimate of drug-likeness (QED) is 0.692. The first kappa shape index (κ1) is 13.4. The van der Waals surface area contributed by atoms with E-state index in [0.29, 0.717) is 0 Å². The van der Waals surface area contributed by atoms with Gasteiger partial charge in [0.1, 0.15) is 0 Å². The molecule has 2 aliphatic carbocycles. The van der Waals surface area contributed by atoms with Crippen LogP contribution in [0.2, 0.25) is 0 Å². The molecule has 0 aromatic carbocycles. The fraction of sp³-hybridized carbons (Fsp3) is 1.00. The fourth-order valence-corrected chi connectivity index (χ4v) is 3.39. The topological polar surface area (TPSA) is 9.23 Å². The molecule has 2 fully saturated rings. The van der Waals surface area contributed by atoms with Gasteiger partial charge < -0.3 is 4.74 Å². The summed E-state index contributed by atoms with van der Waals surface area (Å²) in [6.45, 7) is 6.86. The van der Waals surface area contributed by atoms with Crippen LogP contribution in [0.3, 0.4) is 0 Å². The minimum Gasteiger partial charge on any atom is -0.381 e. The lowest BCUT2D eigenvalue weighted by molar-refractivity contribution is 0.0433. The molecule has 100 valence electrons. The molecule has 0 heterocycles. The molecule has 0 atom stereocenters. The van der Waals surface area contributed by atoms with E-state index in [1.165, 1.54) is 51.4 Å². The van der Waals surface area contributed by atoms with Crippen LogP contribution in [0.1, 0.15) is 65.2 Å². The maximum atomic E-state index is 5.98. The Morgan fingerprint density at radius 1 is 0.647 bits per heavy atom. The van der Waals surface area contributed by atoms with Gasteiger partial charge in [-0.25, -0.2) is 0 Å². The molecule has 2 aliphatic rings. The Kier molecular flexibility index (Phi) is 5.34. The Bertz CT molecular complexity index is 176. The van der Waals surface area contributed by atoms with Crippen molar-refractivity contribution in [2.24, 2.45) is 23.7 Å². The third-order valence-electron chi connectivity index (χ3n) is 4.98. The first-order valence-electron chi connectivity index (χ1n) is 7.81. The molecule has 1 heteroatoms. The van der Waals surface area contributed by atoms with E-state index in [0.717, 1.165) is 36.9 Å². The zero-order valence-corrected chi connectivity index (χ0v) is 11.8. The molecule has 1 nitrogen and oxygen atoms in total. The van der Waals surface area contributed by atoms with Crippen molar-refractivity contribution in [3.8, 4) is 0 Å². The van der Waals surface area contributed by atoms with E-state index in [1.807, 2.05) is 0 Å². The minimum absolute atomic E-state index is 0.869. The van der Waals surface area contributed by atoms with Crippen molar-refractivity contribution in [2.45, 2.75) is 65.2 Å². The first-order chi connectivity index (χ1) is 8.24. The zero-order chi connectivity index (χ0) is 12.1. The predicted molar refractivity (Wildman–Crippen MR) is 73.1 cm³/mol. The molecule has 2 saturated carbocycles. The van der Waals surface area contributed by atoms with Crippen LogP contribution in [-0.2, 0) is 4.74 Å². The molecule has 0 aliphatic heterocycles. The minimum atomic E-state index is 0.869. The summed E-state index contributed by atoms with van der Waals surface area (Å²) in [6.07, 6.45) is 11.3. The van der Waals surface area contributed by atoms with Crippen LogP contribution in [0.4, 0.5) is 0 Å². The SMILES string of the molecule is CC1CCC(COCC2CCC(C)CC2)CC1. The van der Waals surface area contributed by atoms with Crippen LogP contribution in [0.15, 0.2) is 0 Å².